The second-order valence-electron chi connectivity index (χ2n) is 5.72. The quantitative estimate of drug-likeness (QED) is 0.491. The highest BCUT2D eigenvalue weighted by molar-refractivity contribution is 5.99. The molecule has 0 spiro atoms. The van der Waals surface area contributed by atoms with Crippen LogP contribution in [0, 0.1) is 6.92 Å². The fourth-order valence-electron chi connectivity index (χ4n) is 2.46. The number of hydrogen-bond donors (Lipinski definition) is 2. The Kier molecular flexibility index (Phi) is 5.02. The van der Waals surface area contributed by atoms with Gasteiger partial charge in [0, 0.05) is 6.04 Å². The Balaban J connectivity index is 1.78. The number of aromatic nitrogens is 7. The summed E-state index contributed by atoms with van der Waals surface area (Å²) in [5, 5.41) is 22.9. The molecule has 134 valence electrons. The van der Waals surface area contributed by atoms with Crippen LogP contribution in [0.15, 0.2) is 53.9 Å². The Morgan fingerprint density at radius 2 is 2.15 bits per heavy atom. The SMILES string of the molecule is C=C(/N=C(\C=C/N)n1nnc2ccccc21)N[C@H](C)Cn1nnnc1C. The average Bonchev–Trinajstić information content (AvgIpc) is 3.21. The number of rotatable bonds is 6. The second kappa shape index (κ2) is 7.55. The summed E-state index contributed by atoms with van der Waals surface area (Å²) < 4.78 is 3.32. The number of nitrogens with two attached hydrogens (primary N) is 1. The van der Waals surface area contributed by atoms with Crippen molar-refractivity contribution in [3.05, 3.63) is 54.8 Å². The zero-order valence-electron chi connectivity index (χ0n) is 14.6. The number of para-hydroxylation sites is 1. The third-order valence-electron chi connectivity index (χ3n) is 3.63. The van der Waals surface area contributed by atoms with Crippen LogP contribution in [0.5, 0.6) is 0 Å². The molecule has 0 saturated heterocycles. The van der Waals surface area contributed by atoms with E-state index in [1.54, 1.807) is 15.4 Å². The van der Waals surface area contributed by atoms with E-state index < -0.39 is 0 Å². The number of aliphatic imine (C=N–C) groups is 1. The van der Waals surface area contributed by atoms with Gasteiger partial charge in [-0.15, -0.1) is 10.2 Å². The third-order valence-corrected chi connectivity index (χ3v) is 3.63. The van der Waals surface area contributed by atoms with Gasteiger partial charge in [0.15, 0.2) is 5.84 Å². The molecule has 2 aromatic heterocycles. The highest BCUT2D eigenvalue weighted by Gasteiger charge is 2.10. The maximum atomic E-state index is 5.57. The van der Waals surface area contributed by atoms with E-state index >= 15 is 0 Å². The molecule has 3 aromatic rings. The normalized spacial score (nSPS) is 13.4. The van der Waals surface area contributed by atoms with Crippen molar-refractivity contribution in [1.82, 2.24) is 40.5 Å². The van der Waals surface area contributed by atoms with Gasteiger partial charge in [-0.25, -0.2) is 9.67 Å². The molecule has 0 aliphatic heterocycles. The van der Waals surface area contributed by atoms with E-state index in [4.69, 9.17) is 5.73 Å². The number of hydrogen-bond acceptors (Lipinski definition) is 8. The van der Waals surface area contributed by atoms with Crippen LogP contribution < -0.4 is 11.1 Å². The maximum absolute atomic E-state index is 5.57. The summed E-state index contributed by atoms with van der Waals surface area (Å²) in [7, 11) is 0. The molecular weight excluding hydrogens is 332 g/mol. The zero-order valence-corrected chi connectivity index (χ0v) is 14.6. The van der Waals surface area contributed by atoms with Crippen LogP contribution in [-0.4, -0.2) is 47.1 Å². The second-order valence-corrected chi connectivity index (χ2v) is 5.72. The molecule has 2 heterocycles. The van der Waals surface area contributed by atoms with Crippen molar-refractivity contribution in [2.24, 2.45) is 10.7 Å². The van der Waals surface area contributed by atoms with Crippen molar-refractivity contribution in [2.45, 2.75) is 26.4 Å². The lowest BCUT2D eigenvalue weighted by Crippen LogP contribution is -2.30. The molecule has 0 fully saturated rings. The number of tetrazole rings is 1. The molecule has 10 nitrogen and oxygen atoms in total. The van der Waals surface area contributed by atoms with Crippen LogP contribution in [-0.2, 0) is 6.54 Å². The lowest BCUT2D eigenvalue weighted by atomic mass is 10.3. The molecule has 0 radical (unpaired) electrons. The van der Waals surface area contributed by atoms with Gasteiger partial charge in [0.1, 0.15) is 17.2 Å². The Labute approximate surface area is 150 Å². The van der Waals surface area contributed by atoms with Gasteiger partial charge < -0.3 is 11.1 Å². The van der Waals surface area contributed by atoms with Crippen molar-refractivity contribution in [3.8, 4) is 0 Å². The Bertz CT molecular complexity index is 964. The van der Waals surface area contributed by atoms with Crippen molar-refractivity contribution in [1.29, 1.82) is 0 Å². The Morgan fingerprint density at radius 3 is 2.88 bits per heavy atom. The standard InChI is InChI=1S/C16H20N10/c1-11(10-25-13(3)20-22-24-25)18-12(2)19-16(8-9-17)26-15-7-5-4-6-14(15)21-23-26/h4-9,11,18H,2,10,17H2,1,3H3/b9-8-,19-16+/t11-/m1/s1. The van der Waals surface area contributed by atoms with Crippen molar-refractivity contribution < 1.29 is 0 Å². The minimum Gasteiger partial charge on any atom is -0.404 e. The van der Waals surface area contributed by atoms with Crippen molar-refractivity contribution in [3.63, 3.8) is 0 Å². The average molecular weight is 352 g/mol. The predicted octanol–water partition coefficient (Wildman–Crippen LogP) is 0.595. The Hall–Kier alpha value is -3.56. The lowest BCUT2D eigenvalue weighted by molar-refractivity contribution is 0.466. The first-order valence-electron chi connectivity index (χ1n) is 8.04. The molecule has 1 aromatic carbocycles. The minimum atomic E-state index is 0.0176. The van der Waals surface area contributed by atoms with Crippen LogP contribution in [0.2, 0.25) is 0 Å². The number of nitrogens with zero attached hydrogens (tertiary/aromatic N) is 8. The zero-order chi connectivity index (χ0) is 18.5. The van der Waals surface area contributed by atoms with Crippen LogP contribution in [0.4, 0.5) is 0 Å². The van der Waals surface area contributed by atoms with Crippen LogP contribution in [0.25, 0.3) is 11.0 Å². The molecule has 0 saturated carbocycles. The number of fused-ring (bicyclic) bond motifs is 1. The first kappa shape index (κ1) is 17.3. The molecule has 0 unspecified atom stereocenters. The summed E-state index contributed by atoms with van der Waals surface area (Å²) in [6, 6.07) is 7.63. The summed E-state index contributed by atoms with van der Waals surface area (Å²) in [6.07, 6.45) is 3.04. The van der Waals surface area contributed by atoms with E-state index in [0.29, 0.717) is 18.2 Å². The van der Waals surface area contributed by atoms with Gasteiger partial charge in [-0.2, -0.15) is 4.68 Å². The van der Waals surface area contributed by atoms with E-state index in [1.807, 2.05) is 38.1 Å². The van der Waals surface area contributed by atoms with Gasteiger partial charge >= 0.3 is 0 Å². The summed E-state index contributed by atoms with van der Waals surface area (Å²) in [4.78, 5) is 4.49. The van der Waals surface area contributed by atoms with E-state index in [0.717, 1.165) is 16.9 Å². The monoisotopic (exact) mass is 352 g/mol. The summed E-state index contributed by atoms with van der Waals surface area (Å²) >= 11 is 0. The molecule has 26 heavy (non-hydrogen) atoms. The van der Waals surface area contributed by atoms with E-state index in [9.17, 15) is 0 Å². The lowest BCUT2D eigenvalue weighted by Gasteiger charge is -2.15. The summed E-state index contributed by atoms with van der Waals surface area (Å²) in [5.74, 6) is 1.72. The van der Waals surface area contributed by atoms with E-state index in [-0.39, 0.29) is 6.04 Å². The van der Waals surface area contributed by atoms with Crippen LogP contribution in [0.3, 0.4) is 0 Å². The number of benzene rings is 1. The summed E-state index contributed by atoms with van der Waals surface area (Å²) in [6.45, 7) is 8.39. The first-order chi connectivity index (χ1) is 12.6. The molecular formula is C16H20N10. The third kappa shape index (κ3) is 3.74. The number of nitrogens with one attached hydrogen (secondary N) is 1. The topological polar surface area (TPSA) is 125 Å². The fourth-order valence-corrected chi connectivity index (χ4v) is 2.46. The predicted molar refractivity (Wildman–Crippen MR) is 98.0 cm³/mol. The van der Waals surface area contributed by atoms with E-state index in [2.05, 4.69) is 42.7 Å². The van der Waals surface area contributed by atoms with Gasteiger partial charge in [0.05, 0.1) is 12.1 Å². The molecule has 0 aliphatic carbocycles. The molecule has 0 bridgehead atoms. The molecule has 10 heteroatoms. The highest BCUT2D eigenvalue weighted by atomic mass is 15.5. The van der Waals surface area contributed by atoms with Crippen molar-refractivity contribution >= 4 is 16.9 Å². The van der Waals surface area contributed by atoms with E-state index in [1.165, 1.54) is 6.20 Å². The number of allylic oxidation sites excluding steroid dienone is 1. The Morgan fingerprint density at radius 1 is 1.35 bits per heavy atom. The van der Waals surface area contributed by atoms with Crippen LogP contribution >= 0.6 is 0 Å². The molecule has 3 N–H and O–H groups in total. The minimum absolute atomic E-state index is 0.0176. The smallest absolute Gasteiger partial charge is 0.159 e. The van der Waals surface area contributed by atoms with Gasteiger partial charge in [-0.3, -0.25) is 0 Å². The van der Waals surface area contributed by atoms with Crippen LogP contribution in [0.1, 0.15) is 12.7 Å². The van der Waals surface area contributed by atoms with Gasteiger partial charge in [0.25, 0.3) is 0 Å². The molecule has 1 atom stereocenters. The fraction of sp³-hybridized carbons (Fsp3) is 0.250. The van der Waals surface area contributed by atoms with Gasteiger partial charge in [-0.05, 0) is 48.7 Å². The summed E-state index contributed by atoms with van der Waals surface area (Å²) in [5.41, 5.74) is 7.16. The molecule has 3 rings (SSSR count). The first-order valence-corrected chi connectivity index (χ1v) is 8.04. The number of aryl methyl sites for hydroxylation is 1. The highest BCUT2D eigenvalue weighted by Crippen LogP contribution is 2.10. The molecule has 0 aliphatic rings. The maximum Gasteiger partial charge on any atom is 0.159 e. The largest absolute Gasteiger partial charge is 0.404 e. The van der Waals surface area contributed by atoms with Gasteiger partial charge in [0.2, 0.25) is 0 Å². The van der Waals surface area contributed by atoms with Crippen molar-refractivity contribution in [2.75, 3.05) is 0 Å². The molecule has 0 amide bonds. The van der Waals surface area contributed by atoms with Gasteiger partial charge in [-0.1, -0.05) is 23.9 Å².